The van der Waals surface area contributed by atoms with Crippen LogP contribution in [0.4, 0.5) is 4.39 Å². The van der Waals surface area contributed by atoms with E-state index in [-0.39, 0.29) is 11.9 Å². The van der Waals surface area contributed by atoms with Gasteiger partial charge < -0.3 is 9.52 Å². The number of likely N-dealkylation sites (tertiary alicyclic amines) is 1. The molecule has 1 aromatic carbocycles. The molecule has 1 N–H and O–H groups in total. The molecular weight excluding hydrogens is 259 g/mol. The zero-order chi connectivity index (χ0) is 14.1. The molecule has 108 valence electrons. The highest BCUT2D eigenvalue weighted by Gasteiger charge is 2.24. The van der Waals surface area contributed by atoms with Crippen LogP contribution >= 0.6 is 0 Å². The lowest BCUT2D eigenvalue weighted by molar-refractivity contribution is 0.0567. The first-order valence-electron chi connectivity index (χ1n) is 7.07. The van der Waals surface area contributed by atoms with Crippen molar-refractivity contribution >= 4 is 11.1 Å². The van der Waals surface area contributed by atoms with Gasteiger partial charge in [0.05, 0.1) is 12.6 Å². The van der Waals surface area contributed by atoms with Gasteiger partial charge in [0.15, 0.2) is 5.58 Å². The molecule has 1 aliphatic rings. The number of hydrogen-bond acceptors (Lipinski definition) is 4. The van der Waals surface area contributed by atoms with Gasteiger partial charge in [-0.05, 0) is 44.4 Å². The molecular formula is C15H19FN2O2. The first-order valence-corrected chi connectivity index (χ1v) is 7.07. The highest BCUT2D eigenvalue weighted by Crippen LogP contribution is 2.23. The van der Waals surface area contributed by atoms with Crippen LogP contribution in [0.3, 0.4) is 0 Å². The largest absolute Gasteiger partial charge is 0.439 e. The third-order valence-corrected chi connectivity index (χ3v) is 3.98. The van der Waals surface area contributed by atoms with Crippen LogP contribution in [0.5, 0.6) is 0 Å². The maximum atomic E-state index is 13.1. The lowest BCUT2D eigenvalue weighted by atomic mass is 9.93. The summed E-state index contributed by atoms with van der Waals surface area (Å²) in [5, 5.41) is 9.70. The standard InChI is InChI=1S/C15H19FN2O2/c1-10(19)11-3-2-6-18(8-11)9-15-17-13-7-12(16)4-5-14(13)20-15/h4-5,7,10-11,19H,2-3,6,8-9H2,1H3. The van der Waals surface area contributed by atoms with E-state index >= 15 is 0 Å². The Morgan fingerprint density at radius 3 is 3.20 bits per heavy atom. The second-order valence-corrected chi connectivity index (χ2v) is 5.60. The van der Waals surface area contributed by atoms with E-state index in [4.69, 9.17) is 4.42 Å². The predicted octanol–water partition coefficient (Wildman–Crippen LogP) is 2.56. The number of halogens is 1. The van der Waals surface area contributed by atoms with Crippen LogP contribution in [-0.2, 0) is 6.54 Å². The molecule has 3 rings (SSSR count). The van der Waals surface area contributed by atoms with Crippen LogP contribution < -0.4 is 0 Å². The molecule has 2 heterocycles. The first-order chi connectivity index (χ1) is 9.61. The van der Waals surface area contributed by atoms with Gasteiger partial charge >= 0.3 is 0 Å². The number of oxazole rings is 1. The summed E-state index contributed by atoms with van der Waals surface area (Å²) in [6, 6.07) is 4.37. The number of aliphatic hydroxyl groups is 1. The quantitative estimate of drug-likeness (QED) is 0.937. The Balaban J connectivity index is 1.72. The summed E-state index contributed by atoms with van der Waals surface area (Å²) in [4.78, 5) is 6.56. The maximum Gasteiger partial charge on any atom is 0.209 e. The van der Waals surface area contributed by atoms with Crippen molar-refractivity contribution in [1.82, 2.24) is 9.88 Å². The second-order valence-electron chi connectivity index (χ2n) is 5.60. The molecule has 2 aromatic rings. The van der Waals surface area contributed by atoms with Crippen LogP contribution in [0.2, 0.25) is 0 Å². The summed E-state index contributed by atoms with van der Waals surface area (Å²) >= 11 is 0. The van der Waals surface area contributed by atoms with Crippen molar-refractivity contribution in [3.8, 4) is 0 Å². The molecule has 5 heteroatoms. The van der Waals surface area contributed by atoms with Gasteiger partial charge in [-0.2, -0.15) is 0 Å². The molecule has 0 spiro atoms. The SMILES string of the molecule is CC(O)C1CCCN(Cc2nc3cc(F)ccc3o2)C1. The van der Waals surface area contributed by atoms with Crippen LogP contribution in [0.25, 0.3) is 11.1 Å². The Morgan fingerprint density at radius 2 is 2.40 bits per heavy atom. The molecule has 2 atom stereocenters. The summed E-state index contributed by atoms with van der Waals surface area (Å²) < 4.78 is 18.8. The highest BCUT2D eigenvalue weighted by molar-refractivity contribution is 5.72. The van der Waals surface area contributed by atoms with Crippen LogP contribution in [-0.4, -0.2) is 34.2 Å². The fourth-order valence-corrected chi connectivity index (χ4v) is 2.84. The highest BCUT2D eigenvalue weighted by atomic mass is 19.1. The van der Waals surface area contributed by atoms with E-state index in [9.17, 15) is 9.50 Å². The van der Waals surface area contributed by atoms with Gasteiger partial charge in [-0.25, -0.2) is 9.37 Å². The van der Waals surface area contributed by atoms with Crippen LogP contribution in [0.1, 0.15) is 25.7 Å². The fourth-order valence-electron chi connectivity index (χ4n) is 2.84. The van der Waals surface area contributed by atoms with Crippen LogP contribution in [0, 0.1) is 11.7 Å². The third kappa shape index (κ3) is 2.83. The molecule has 1 fully saturated rings. The van der Waals surface area contributed by atoms with Gasteiger partial charge in [0.25, 0.3) is 0 Å². The molecule has 0 aliphatic carbocycles. The topological polar surface area (TPSA) is 49.5 Å². The molecule has 0 amide bonds. The zero-order valence-electron chi connectivity index (χ0n) is 11.6. The van der Waals surface area contributed by atoms with E-state index in [1.165, 1.54) is 12.1 Å². The van der Waals surface area contributed by atoms with Crippen molar-refractivity contribution in [3.63, 3.8) is 0 Å². The molecule has 1 aromatic heterocycles. The molecule has 1 aliphatic heterocycles. The average molecular weight is 278 g/mol. The van der Waals surface area contributed by atoms with Gasteiger partial charge in [0.2, 0.25) is 5.89 Å². The smallest absolute Gasteiger partial charge is 0.209 e. The number of aliphatic hydroxyl groups excluding tert-OH is 1. The van der Waals surface area contributed by atoms with Gasteiger partial charge in [-0.3, -0.25) is 4.90 Å². The summed E-state index contributed by atoms with van der Waals surface area (Å²) in [7, 11) is 0. The number of hydrogen-bond donors (Lipinski definition) is 1. The minimum atomic E-state index is -0.301. The van der Waals surface area contributed by atoms with E-state index in [1.807, 2.05) is 6.92 Å². The summed E-state index contributed by atoms with van der Waals surface area (Å²) in [5.74, 6) is 0.618. The molecule has 4 nitrogen and oxygen atoms in total. The Kier molecular flexibility index (Phi) is 3.72. The average Bonchev–Trinajstić information content (AvgIpc) is 2.80. The zero-order valence-corrected chi connectivity index (χ0v) is 11.6. The Hall–Kier alpha value is -1.46. The first kappa shape index (κ1) is 13.5. The monoisotopic (exact) mass is 278 g/mol. The minimum absolute atomic E-state index is 0.282. The van der Waals surface area contributed by atoms with Crippen molar-refractivity contribution in [2.24, 2.45) is 5.92 Å². The van der Waals surface area contributed by atoms with Crippen molar-refractivity contribution in [3.05, 3.63) is 29.9 Å². The Labute approximate surface area is 117 Å². The number of nitrogens with zero attached hydrogens (tertiary/aromatic N) is 2. The fraction of sp³-hybridized carbons (Fsp3) is 0.533. The molecule has 0 radical (unpaired) electrons. The summed E-state index contributed by atoms with van der Waals surface area (Å²) in [6.07, 6.45) is 1.85. The summed E-state index contributed by atoms with van der Waals surface area (Å²) in [6.45, 7) is 4.29. The normalized spacial score (nSPS) is 22.2. The van der Waals surface area contributed by atoms with Crippen molar-refractivity contribution in [2.45, 2.75) is 32.4 Å². The number of rotatable bonds is 3. The van der Waals surface area contributed by atoms with E-state index in [2.05, 4.69) is 9.88 Å². The van der Waals surface area contributed by atoms with E-state index in [1.54, 1.807) is 6.07 Å². The van der Waals surface area contributed by atoms with Crippen LogP contribution in [0.15, 0.2) is 22.6 Å². The lowest BCUT2D eigenvalue weighted by Gasteiger charge is -2.33. The number of fused-ring (bicyclic) bond motifs is 1. The molecule has 0 saturated carbocycles. The number of piperidine rings is 1. The Morgan fingerprint density at radius 1 is 1.55 bits per heavy atom. The van der Waals surface area contributed by atoms with E-state index in [0.29, 0.717) is 29.5 Å². The third-order valence-electron chi connectivity index (χ3n) is 3.98. The number of benzene rings is 1. The lowest BCUT2D eigenvalue weighted by Crippen LogP contribution is -2.39. The molecule has 2 unspecified atom stereocenters. The van der Waals surface area contributed by atoms with Gasteiger partial charge in [0, 0.05) is 12.6 Å². The van der Waals surface area contributed by atoms with Crippen molar-refractivity contribution < 1.29 is 13.9 Å². The molecule has 0 bridgehead atoms. The molecule has 20 heavy (non-hydrogen) atoms. The van der Waals surface area contributed by atoms with Crippen molar-refractivity contribution in [2.75, 3.05) is 13.1 Å². The number of aromatic nitrogens is 1. The van der Waals surface area contributed by atoms with Crippen molar-refractivity contribution in [1.29, 1.82) is 0 Å². The molecule has 1 saturated heterocycles. The van der Waals surface area contributed by atoms with E-state index in [0.717, 1.165) is 25.9 Å². The van der Waals surface area contributed by atoms with E-state index < -0.39 is 0 Å². The summed E-state index contributed by atoms with van der Waals surface area (Å²) in [5.41, 5.74) is 1.18. The second kappa shape index (κ2) is 5.50. The Bertz CT molecular complexity index is 597. The van der Waals surface area contributed by atoms with Gasteiger partial charge in [-0.15, -0.1) is 0 Å². The van der Waals surface area contributed by atoms with Gasteiger partial charge in [-0.1, -0.05) is 0 Å². The van der Waals surface area contributed by atoms with Gasteiger partial charge in [0.1, 0.15) is 11.3 Å². The minimum Gasteiger partial charge on any atom is -0.439 e. The predicted molar refractivity (Wildman–Crippen MR) is 73.6 cm³/mol. The maximum absolute atomic E-state index is 13.1.